The molecule has 6 heteroatoms. The molecule has 0 radical (unpaired) electrons. The van der Waals surface area contributed by atoms with Crippen LogP contribution in [0, 0.1) is 5.92 Å². The van der Waals surface area contributed by atoms with Gasteiger partial charge in [-0.15, -0.1) is 0 Å². The number of piperidine rings is 1. The summed E-state index contributed by atoms with van der Waals surface area (Å²) in [6.45, 7) is 2.20. The molecule has 1 aliphatic heterocycles. The fourth-order valence-corrected chi connectivity index (χ4v) is 2.64. The molecule has 0 bridgehead atoms. The van der Waals surface area contributed by atoms with E-state index in [0.29, 0.717) is 18.2 Å². The first-order chi connectivity index (χ1) is 9.81. The van der Waals surface area contributed by atoms with Crippen molar-refractivity contribution in [3.8, 4) is 0 Å². The summed E-state index contributed by atoms with van der Waals surface area (Å²) in [5.74, 6) is 1.11. The maximum absolute atomic E-state index is 12.1. The lowest BCUT2D eigenvalue weighted by molar-refractivity contribution is 0.0654. The predicted octanol–water partition coefficient (Wildman–Crippen LogP) is 3.61. The molecular formula is C14H20N4O2. The number of hydrogen-bond acceptors (Lipinski definition) is 3. The first-order valence-corrected chi connectivity index (χ1v) is 7.15. The van der Waals surface area contributed by atoms with E-state index < -0.39 is 0 Å². The van der Waals surface area contributed by atoms with Gasteiger partial charge in [-0.05, 0) is 42.8 Å². The maximum Gasteiger partial charge on any atom is 0.289 e. The van der Waals surface area contributed by atoms with Crippen LogP contribution >= 0.6 is 0 Å². The van der Waals surface area contributed by atoms with Crippen molar-refractivity contribution in [2.24, 2.45) is 11.0 Å². The number of azide groups is 1. The van der Waals surface area contributed by atoms with Crippen LogP contribution in [0.5, 0.6) is 0 Å². The van der Waals surface area contributed by atoms with Gasteiger partial charge in [0.1, 0.15) is 0 Å². The van der Waals surface area contributed by atoms with Gasteiger partial charge in [0.25, 0.3) is 5.91 Å². The van der Waals surface area contributed by atoms with Crippen molar-refractivity contribution in [3.05, 3.63) is 34.6 Å². The van der Waals surface area contributed by atoms with Gasteiger partial charge in [0, 0.05) is 24.5 Å². The summed E-state index contributed by atoms with van der Waals surface area (Å²) in [7, 11) is 0. The van der Waals surface area contributed by atoms with Crippen LogP contribution in [-0.4, -0.2) is 30.4 Å². The lowest BCUT2D eigenvalue weighted by Gasteiger charge is -2.31. The zero-order valence-corrected chi connectivity index (χ0v) is 11.6. The van der Waals surface area contributed by atoms with Crippen molar-refractivity contribution in [2.45, 2.75) is 32.1 Å². The van der Waals surface area contributed by atoms with E-state index in [1.54, 1.807) is 12.1 Å². The van der Waals surface area contributed by atoms with Crippen molar-refractivity contribution < 1.29 is 9.21 Å². The molecule has 1 fully saturated rings. The maximum atomic E-state index is 12.1. The number of rotatable bonds is 6. The molecule has 0 spiro atoms. The molecule has 0 aromatic carbocycles. The van der Waals surface area contributed by atoms with Gasteiger partial charge in [0.2, 0.25) is 0 Å². The van der Waals surface area contributed by atoms with E-state index in [9.17, 15) is 4.79 Å². The van der Waals surface area contributed by atoms with E-state index in [0.717, 1.165) is 45.2 Å². The summed E-state index contributed by atoms with van der Waals surface area (Å²) in [6.07, 6.45) is 6.83. The van der Waals surface area contributed by atoms with Crippen LogP contribution in [0.2, 0.25) is 0 Å². The Morgan fingerprint density at radius 3 is 2.90 bits per heavy atom. The van der Waals surface area contributed by atoms with Crippen LogP contribution in [0.1, 0.15) is 42.7 Å². The zero-order valence-electron chi connectivity index (χ0n) is 11.6. The van der Waals surface area contributed by atoms with Gasteiger partial charge >= 0.3 is 0 Å². The van der Waals surface area contributed by atoms with Gasteiger partial charge in [0.05, 0.1) is 6.26 Å². The average Bonchev–Trinajstić information content (AvgIpc) is 3.01. The number of unbranched alkanes of at least 4 members (excludes halogenated alkanes) is 1. The quantitative estimate of drug-likeness (QED) is 0.344. The van der Waals surface area contributed by atoms with Gasteiger partial charge in [-0.25, -0.2) is 0 Å². The van der Waals surface area contributed by atoms with Crippen LogP contribution in [0.15, 0.2) is 27.9 Å². The molecular weight excluding hydrogens is 256 g/mol. The molecule has 108 valence electrons. The Labute approximate surface area is 118 Å². The molecule has 1 aromatic rings. The molecule has 0 N–H and O–H groups in total. The average molecular weight is 276 g/mol. The van der Waals surface area contributed by atoms with Gasteiger partial charge in [-0.2, -0.15) is 0 Å². The lowest BCUT2D eigenvalue weighted by atomic mass is 9.91. The third-order valence-electron chi connectivity index (χ3n) is 3.82. The number of carbonyl (C=O) groups is 1. The minimum absolute atomic E-state index is 0.00296. The molecule has 1 aliphatic rings. The van der Waals surface area contributed by atoms with E-state index in [1.807, 2.05) is 4.90 Å². The Balaban J connectivity index is 1.67. The molecule has 0 unspecified atom stereocenters. The third kappa shape index (κ3) is 4.03. The first-order valence-electron chi connectivity index (χ1n) is 7.15. The van der Waals surface area contributed by atoms with Gasteiger partial charge in [0.15, 0.2) is 5.76 Å². The van der Waals surface area contributed by atoms with Gasteiger partial charge in [-0.1, -0.05) is 18.0 Å². The summed E-state index contributed by atoms with van der Waals surface area (Å²) in [5, 5.41) is 3.54. The molecule has 1 amide bonds. The summed E-state index contributed by atoms with van der Waals surface area (Å²) < 4.78 is 5.15. The van der Waals surface area contributed by atoms with Gasteiger partial charge in [-0.3, -0.25) is 4.79 Å². The zero-order chi connectivity index (χ0) is 14.2. The summed E-state index contributed by atoms with van der Waals surface area (Å²) in [4.78, 5) is 16.7. The van der Waals surface area contributed by atoms with E-state index >= 15 is 0 Å². The summed E-state index contributed by atoms with van der Waals surface area (Å²) in [5.41, 5.74) is 8.19. The number of hydrogen-bond donors (Lipinski definition) is 0. The molecule has 20 heavy (non-hydrogen) atoms. The lowest BCUT2D eigenvalue weighted by Crippen LogP contribution is -2.38. The Kier molecular flexibility index (Phi) is 5.50. The number of nitrogens with zero attached hydrogens (tertiary/aromatic N) is 4. The second kappa shape index (κ2) is 7.60. The highest BCUT2D eigenvalue weighted by Gasteiger charge is 2.24. The number of furan rings is 1. The first kappa shape index (κ1) is 14.5. The standard InChI is InChI=1S/C14H20N4O2/c15-17-16-8-2-1-4-12-6-9-18(10-7-12)14(19)13-5-3-11-20-13/h3,5,11-12H,1-2,4,6-10H2. The van der Waals surface area contributed by atoms with Crippen LogP contribution in [0.3, 0.4) is 0 Å². The molecule has 6 nitrogen and oxygen atoms in total. The SMILES string of the molecule is [N-]=[N+]=NCCCCC1CCN(C(=O)c2ccco2)CC1. The molecule has 2 rings (SSSR count). The Morgan fingerprint density at radius 1 is 1.45 bits per heavy atom. The Hall–Kier alpha value is -1.94. The molecule has 2 heterocycles. The highest BCUT2D eigenvalue weighted by atomic mass is 16.3. The summed E-state index contributed by atoms with van der Waals surface area (Å²) >= 11 is 0. The molecule has 0 atom stereocenters. The third-order valence-corrected chi connectivity index (χ3v) is 3.82. The second-order valence-electron chi connectivity index (χ2n) is 5.16. The fraction of sp³-hybridized carbons (Fsp3) is 0.643. The number of carbonyl (C=O) groups excluding carboxylic acids is 1. The highest BCUT2D eigenvalue weighted by molar-refractivity contribution is 5.91. The smallest absolute Gasteiger partial charge is 0.289 e. The number of amides is 1. The largest absolute Gasteiger partial charge is 0.459 e. The predicted molar refractivity (Wildman–Crippen MR) is 75.2 cm³/mol. The van der Waals surface area contributed by atoms with Crippen LogP contribution < -0.4 is 0 Å². The molecule has 0 aliphatic carbocycles. The van der Waals surface area contributed by atoms with E-state index in [2.05, 4.69) is 10.0 Å². The van der Waals surface area contributed by atoms with Crippen LogP contribution in [-0.2, 0) is 0 Å². The van der Waals surface area contributed by atoms with E-state index in [1.165, 1.54) is 6.26 Å². The minimum Gasteiger partial charge on any atom is -0.459 e. The van der Waals surface area contributed by atoms with Crippen molar-refractivity contribution >= 4 is 5.91 Å². The van der Waals surface area contributed by atoms with Crippen molar-refractivity contribution in [2.75, 3.05) is 19.6 Å². The Bertz CT molecular complexity index is 458. The van der Waals surface area contributed by atoms with Crippen molar-refractivity contribution in [1.29, 1.82) is 0 Å². The topological polar surface area (TPSA) is 82.2 Å². The van der Waals surface area contributed by atoms with Crippen LogP contribution in [0.4, 0.5) is 0 Å². The monoisotopic (exact) mass is 276 g/mol. The molecule has 1 saturated heterocycles. The number of likely N-dealkylation sites (tertiary alicyclic amines) is 1. The molecule has 0 saturated carbocycles. The van der Waals surface area contributed by atoms with Gasteiger partial charge < -0.3 is 9.32 Å². The fourth-order valence-electron chi connectivity index (χ4n) is 2.64. The highest BCUT2D eigenvalue weighted by Crippen LogP contribution is 2.23. The normalized spacial score (nSPS) is 15.9. The van der Waals surface area contributed by atoms with Crippen molar-refractivity contribution in [1.82, 2.24) is 4.90 Å². The van der Waals surface area contributed by atoms with Crippen molar-refractivity contribution in [3.63, 3.8) is 0 Å². The Morgan fingerprint density at radius 2 is 2.25 bits per heavy atom. The summed E-state index contributed by atoms with van der Waals surface area (Å²) in [6, 6.07) is 3.45. The molecule has 1 aromatic heterocycles. The van der Waals surface area contributed by atoms with E-state index in [4.69, 9.17) is 9.95 Å². The van der Waals surface area contributed by atoms with Crippen LogP contribution in [0.25, 0.3) is 10.4 Å². The minimum atomic E-state index is -0.00296. The second-order valence-corrected chi connectivity index (χ2v) is 5.16. The van der Waals surface area contributed by atoms with E-state index in [-0.39, 0.29) is 5.91 Å².